The average Bonchev–Trinajstić information content (AvgIpc) is 3.05. The Balaban J connectivity index is 1.47. The fourth-order valence-corrected chi connectivity index (χ4v) is 4.27. The van der Waals surface area contributed by atoms with Gasteiger partial charge in [-0.1, -0.05) is 17.7 Å². The number of hydrogen-bond donors (Lipinski definition) is 1. The van der Waals surface area contributed by atoms with Crippen LogP contribution in [0.15, 0.2) is 48.5 Å². The molecule has 0 spiro atoms. The molecule has 2 aromatic rings. The van der Waals surface area contributed by atoms with Crippen molar-refractivity contribution < 1.29 is 9.59 Å². The number of aryl methyl sites for hydroxylation is 1. The Morgan fingerprint density at radius 3 is 2.45 bits per heavy atom. The third-order valence-corrected chi connectivity index (χ3v) is 6.45. The number of hydrogen-bond acceptors (Lipinski definition) is 5. The van der Waals surface area contributed by atoms with Crippen LogP contribution in [0.2, 0.25) is 0 Å². The summed E-state index contributed by atoms with van der Waals surface area (Å²) >= 11 is 1.37. The predicted molar refractivity (Wildman–Crippen MR) is 126 cm³/mol. The Bertz CT molecular complexity index is 938. The number of carbonyl (C=O) groups excluding carboxylic acids is 2. The van der Waals surface area contributed by atoms with E-state index in [1.165, 1.54) is 11.8 Å². The quantitative estimate of drug-likeness (QED) is 0.748. The first-order valence-electron chi connectivity index (χ1n) is 10.5. The van der Waals surface area contributed by atoms with Crippen molar-refractivity contribution in [2.45, 2.75) is 25.5 Å². The maximum atomic E-state index is 12.9. The minimum Gasteiger partial charge on any atom is -0.370 e. The summed E-state index contributed by atoms with van der Waals surface area (Å²) < 4.78 is 0. The van der Waals surface area contributed by atoms with Crippen LogP contribution in [0.4, 0.5) is 11.4 Å². The van der Waals surface area contributed by atoms with Crippen molar-refractivity contribution in [3.63, 3.8) is 0 Å². The van der Waals surface area contributed by atoms with E-state index in [4.69, 9.17) is 5.26 Å². The van der Waals surface area contributed by atoms with Crippen LogP contribution in [0.5, 0.6) is 0 Å². The molecule has 1 aliphatic heterocycles. The molecule has 0 bridgehead atoms. The van der Waals surface area contributed by atoms with Gasteiger partial charge >= 0.3 is 0 Å². The van der Waals surface area contributed by atoms with E-state index >= 15 is 0 Å². The molecule has 31 heavy (non-hydrogen) atoms. The van der Waals surface area contributed by atoms with Gasteiger partial charge in [-0.05, 0) is 56.7 Å². The van der Waals surface area contributed by atoms with Gasteiger partial charge in [0.05, 0.1) is 22.6 Å². The average molecular weight is 437 g/mol. The minimum absolute atomic E-state index is 0.0785. The summed E-state index contributed by atoms with van der Waals surface area (Å²) in [5.41, 5.74) is 3.63. The summed E-state index contributed by atoms with van der Waals surface area (Å²) in [4.78, 5) is 29.3. The van der Waals surface area contributed by atoms with Crippen LogP contribution in [-0.4, -0.2) is 53.9 Å². The van der Waals surface area contributed by atoms with Gasteiger partial charge in [0, 0.05) is 37.6 Å². The number of nitriles is 1. The molecule has 3 rings (SSSR count). The zero-order chi connectivity index (χ0) is 22.2. The fraction of sp³-hybridized carbons (Fsp3) is 0.375. The third kappa shape index (κ3) is 6.50. The van der Waals surface area contributed by atoms with Crippen molar-refractivity contribution in [1.82, 2.24) is 4.90 Å². The highest BCUT2D eigenvalue weighted by molar-refractivity contribution is 8.01. The maximum Gasteiger partial charge on any atom is 0.235 e. The Labute approximate surface area is 188 Å². The highest BCUT2D eigenvalue weighted by atomic mass is 32.2. The summed E-state index contributed by atoms with van der Waals surface area (Å²) in [7, 11) is 0. The maximum absolute atomic E-state index is 12.9. The molecule has 1 unspecified atom stereocenters. The van der Waals surface area contributed by atoms with E-state index in [0.29, 0.717) is 18.7 Å². The molecule has 1 heterocycles. The second kappa shape index (κ2) is 10.9. The van der Waals surface area contributed by atoms with Crippen LogP contribution < -0.4 is 10.2 Å². The molecule has 1 N–H and O–H groups in total. The first kappa shape index (κ1) is 22.7. The standard InChI is InChI=1S/C24H28N4O2S/c1-18-4-8-21(9-5-18)26-23(29)17-31-19(2)24(30)28-13-3-12-27(14-15-28)22-10-6-20(16-25)7-11-22/h4-11,19H,3,12-15,17H2,1-2H3,(H,26,29). The lowest BCUT2D eigenvalue weighted by Crippen LogP contribution is -2.39. The number of anilines is 2. The van der Waals surface area contributed by atoms with Crippen LogP contribution in [-0.2, 0) is 9.59 Å². The monoisotopic (exact) mass is 436 g/mol. The summed E-state index contributed by atoms with van der Waals surface area (Å²) in [6.07, 6.45) is 0.886. The highest BCUT2D eigenvalue weighted by Crippen LogP contribution is 2.20. The molecule has 0 aliphatic carbocycles. The molecule has 2 amide bonds. The number of nitrogens with one attached hydrogen (secondary N) is 1. The molecule has 1 aliphatic rings. The molecule has 1 fully saturated rings. The summed E-state index contributed by atoms with van der Waals surface area (Å²) in [6.45, 7) is 6.86. The lowest BCUT2D eigenvalue weighted by molar-refractivity contribution is -0.130. The summed E-state index contributed by atoms with van der Waals surface area (Å²) in [5, 5.41) is 11.6. The van der Waals surface area contributed by atoms with Crippen molar-refractivity contribution in [2.24, 2.45) is 0 Å². The van der Waals surface area contributed by atoms with E-state index in [1.807, 2.05) is 67.3 Å². The first-order valence-corrected chi connectivity index (χ1v) is 11.5. The Morgan fingerprint density at radius 1 is 1.06 bits per heavy atom. The van der Waals surface area contributed by atoms with Crippen LogP contribution in [0.25, 0.3) is 0 Å². The number of benzene rings is 2. The Kier molecular flexibility index (Phi) is 7.96. The van der Waals surface area contributed by atoms with Gasteiger partial charge in [-0.2, -0.15) is 5.26 Å². The van der Waals surface area contributed by atoms with Crippen molar-refractivity contribution >= 4 is 35.0 Å². The lowest BCUT2D eigenvalue weighted by atomic mass is 10.2. The van der Waals surface area contributed by atoms with Gasteiger partial charge in [0.2, 0.25) is 11.8 Å². The number of carbonyl (C=O) groups is 2. The van der Waals surface area contributed by atoms with E-state index < -0.39 is 0 Å². The molecular formula is C24H28N4O2S. The zero-order valence-corrected chi connectivity index (χ0v) is 18.8. The van der Waals surface area contributed by atoms with Gasteiger partial charge in [-0.3, -0.25) is 9.59 Å². The SMILES string of the molecule is Cc1ccc(NC(=O)CSC(C)C(=O)N2CCCN(c3ccc(C#N)cc3)CC2)cc1. The van der Waals surface area contributed by atoms with E-state index in [2.05, 4.69) is 16.3 Å². The van der Waals surface area contributed by atoms with Gasteiger partial charge in [0.15, 0.2) is 0 Å². The highest BCUT2D eigenvalue weighted by Gasteiger charge is 2.24. The molecule has 1 atom stereocenters. The van der Waals surface area contributed by atoms with Crippen molar-refractivity contribution in [3.8, 4) is 6.07 Å². The Morgan fingerprint density at radius 2 is 1.77 bits per heavy atom. The first-order chi connectivity index (χ1) is 15.0. The van der Waals surface area contributed by atoms with Gasteiger partial charge in [-0.15, -0.1) is 11.8 Å². The normalized spacial score (nSPS) is 15.0. The third-order valence-electron chi connectivity index (χ3n) is 5.32. The van der Waals surface area contributed by atoms with Crippen LogP contribution in [0.3, 0.4) is 0 Å². The predicted octanol–water partition coefficient (Wildman–Crippen LogP) is 3.67. The van der Waals surface area contributed by atoms with Gasteiger partial charge in [0.25, 0.3) is 0 Å². The number of thioether (sulfide) groups is 1. The number of rotatable bonds is 6. The lowest BCUT2D eigenvalue weighted by Gasteiger charge is -2.25. The molecule has 7 heteroatoms. The molecule has 0 aromatic heterocycles. The van der Waals surface area contributed by atoms with E-state index in [0.717, 1.165) is 36.4 Å². The molecule has 0 saturated carbocycles. The summed E-state index contributed by atoms with van der Waals surface area (Å²) in [5.74, 6) is 0.220. The summed E-state index contributed by atoms with van der Waals surface area (Å²) in [6, 6.07) is 17.4. The second-order valence-electron chi connectivity index (χ2n) is 7.69. The zero-order valence-electron chi connectivity index (χ0n) is 18.0. The Hall–Kier alpha value is -2.98. The van der Waals surface area contributed by atoms with Crippen LogP contribution >= 0.6 is 11.8 Å². The number of amides is 2. The fourth-order valence-electron chi connectivity index (χ4n) is 3.51. The van der Waals surface area contributed by atoms with Crippen LogP contribution in [0.1, 0.15) is 24.5 Å². The van der Waals surface area contributed by atoms with Crippen LogP contribution in [0, 0.1) is 18.3 Å². The number of nitrogens with zero attached hydrogens (tertiary/aromatic N) is 3. The van der Waals surface area contributed by atoms with E-state index in [-0.39, 0.29) is 22.8 Å². The topological polar surface area (TPSA) is 76.4 Å². The van der Waals surface area contributed by atoms with E-state index in [1.54, 1.807) is 0 Å². The molecule has 0 radical (unpaired) electrons. The van der Waals surface area contributed by atoms with E-state index in [9.17, 15) is 9.59 Å². The van der Waals surface area contributed by atoms with Gasteiger partial charge < -0.3 is 15.1 Å². The van der Waals surface area contributed by atoms with Gasteiger partial charge in [-0.25, -0.2) is 0 Å². The smallest absolute Gasteiger partial charge is 0.235 e. The molecular weight excluding hydrogens is 408 g/mol. The van der Waals surface area contributed by atoms with Crippen molar-refractivity contribution in [1.29, 1.82) is 5.26 Å². The molecule has 1 saturated heterocycles. The molecule has 162 valence electrons. The molecule has 6 nitrogen and oxygen atoms in total. The largest absolute Gasteiger partial charge is 0.370 e. The molecule has 2 aromatic carbocycles. The van der Waals surface area contributed by atoms with Gasteiger partial charge in [0.1, 0.15) is 0 Å². The second-order valence-corrected chi connectivity index (χ2v) is 9.02. The minimum atomic E-state index is -0.273. The van der Waals surface area contributed by atoms with Crippen molar-refractivity contribution in [2.75, 3.05) is 42.1 Å². The van der Waals surface area contributed by atoms with Crippen molar-refractivity contribution in [3.05, 3.63) is 59.7 Å².